The van der Waals surface area contributed by atoms with Crippen LogP contribution in [0.5, 0.6) is 23.1 Å². The number of para-hydroxylation sites is 1. The summed E-state index contributed by atoms with van der Waals surface area (Å²) in [7, 11) is 1.66. The summed E-state index contributed by atoms with van der Waals surface area (Å²) in [6.07, 6.45) is 1.80. The lowest BCUT2D eigenvalue weighted by atomic mass is 10.1. The van der Waals surface area contributed by atoms with Crippen LogP contribution in [0.4, 0.5) is 0 Å². The number of hydrogen-bond donors (Lipinski definition) is 0. The average molecular weight is 383 g/mol. The standard InChI is InChI=1S/C25H21NO3/c1-27-23-11-6-8-20(16-23)21-13-14-25(26-17-21)28-18-19-7-5-12-24(15-19)29-22-9-3-2-4-10-22/h2-17H,18H2,1H3. The molecule has 0 amide bonds. The fourth-order valence-electron chi connectivity index (χ4n) is 2.92. The highest BCUT2D eigenvalue weighted by atomic mass is 16.5. The Hall–Kier alpha value is -3.79. The van der Waals surface area contributed by atoms with Crippen molar-refractivity contribution in [2.45, 2.75) is 6.61 Å². The molecule has 0 unspecified atom stereocenters. The smallest absolute Gasteiger partial charge is 0.213 e. The van der Waals surface area contributed by atoms with E-state index in [1.807, 2.05) is 91.0 Å². The lowest BCUT2D eigenvalue weighted by Crippen LogP contribution is -1.97. The van der Waals surface area contributed by atoms with E-state index in [4.69, 9.17) is 14.2 Å². The van der Waals surface area contributed by atoms with Gasteiger partial charge >= 0.3 is 0 Å². The van der Waals surface area contributed by atoms with Crippen LogP contribution in [-0.2, 0) is 6.61 Å². The number of pyridine rings is 1. The van der Waals surface area contributed by atoms with Crippen molar-refractivity contribution >= 4 is 0 Å². The average Bonchev–Trinajstić information content (AvgIpc) is 2.79. The van der Waals surface area contributed by atoms with Crippen LogP contribution in [0.25, 0.3) is 11.1 Å². The van der Waals surface area contributed by atoms with E-state index < -0.39 is 0 Å². The SMILES string of the molecule is COc1cccc(-c2ccc(OCc3cccc(Oc4ccccc4)c3)nc2)c1. The zero-order chi connectivity index (χ0) is 19.9. The first-order valence-electron chi connectivity index (χ1n) is 9.35. The Morgan fingerprint density at radius 2 is 1.48 bits per heavy atom. The first kappa shape index (κ1) is 18.6. The largest absolute Gasteiger partial charge is 0.497 e. The van der Waals surface area contributed by atoms with Crippen molar-refractivity contribution < 1.29 is 14.2 Å². The van der Waals surface area contributed by atoms with Crippen LogP contribution in [0.1, 0.15) is 5.56 Å². The summed E-state index contributed by atoms with van der Waals surface area (Å²) in [5.74, 6) is 2.98. The van der Waals surface area contributed by atoms with Gasteiger partial charge in [0.05, 0.1) is 7.11 Å². The van der Waals surface area contributed by atoms with Gasteiger partial charge in [0.15, 0.2) is 0 Å². The summed E-state index contributed by atoms with van der Waals surface area (Å²) in [6.45, 7) is 0.414. The normalized spacial score (nSPS) is 10.4. The Labute approximate surface area is 170 Å². The maximum atomic E-state index is 5.87. The molecule has 0 aliphatic carbocycles. The van der Waals surface area contributed by atoms with Crippen LogP contribution in [0.2, 0.25) is 0 Å². The summed E-state index contributed by atoms with van der Waals surface area (Å²) >= 11 is 0. The maximum Gasteiger partial charge on any atom is 0.213 e. The van der Waals surface area contributed by atoms with Gasteiger partial charge in [-0.1, -0.05) is 42.5 Å². The summed E-state index contributed by atoms with van der Waals surface area (Å²) in [5, 5.41) is 0. The first-order valence-corrected chi connectivity index (χ1v) is 9.35. The topological polar surface area (TPSA) is 40.6 Å². The van der Waals surface area contributed by atoms with Gasteiger partial charge in [-0.3, -0.25) is 0 Å². The minimum absolute atomic E-state index is 0.414. The number of methoxy groups -OCH3 is 1. The van der Waals surface area contributed by atoms with Gasteiger partial charge in [0.1, 0.15) is 23.9 Å². The zero-order valence-corrected chi connectivity index (χ0v) is 16.1. The van der Waals surface area contributed by atoms with Crippen molar-refractivity contribution in [3.05, 3.63) is 103 Å². The molecule has 29 heavy (non-hydrogen) atoms. The van der Waals surface area contributed by atoms with Gasteiger partial charge in [0, 0.05) is 17.8 Å². The quantitative estimate of drug-likeness (QED) is 0.385. The molecule has 0 radical (unpaired) electrons. The first-order chi connectivity index (χ1) is 14.3. The van der Waals surface area contributed by atoms with Crippen LogP contribution in [0, 0.1) is 0 Å². The molecule has 0 bridgehead atoms. The lowest BCUT2D eigenvalue weighted by molar-refractivity contribution is 0.293. The second kappa shape index (κ2) is 8.93. The van der Waals surface area contributed by atoms with Crippen LogP contribution in [0.15, 0.2) is 97.2 Å². The second-order valence-electron chi connectivity index (χ2n) is 6.47. The Morgan fingerprint density at radius 3 is 2.28 bits per heavy atom. The van der Waals surface area contributed by atoms with Gasteiger partial charge in [-0.25, -0.2) is 4.98 Å². The molecular formula is C25H21NO3. The monoisotopic (exact) mass is 383 g/mol. The minimum atomic E-state index is 0.414. The fraction of sp³-hybridized carbons (Fsp3) is 0.0800. The van der Waals surface area contributed by atoms with Gasteiger partial charge < -0.3 is 14.2 Å². The van der Waals surface area contributed by atoms with Gasteiger partial charge in [0.25, 0.3) is 0 Å². The molecule has 4 rings (SSSR count). The van der Waals surface area contributed by atoms with E-state index in [0.29, 0.717) is 12.5 Å². The fourth-order valence-corrected chi connectivity index (χ4v) is 2.92. The molecule has 0 saturated heterocycles. The summed E-state index contributed by atoms with van der Waals surface area (Å²) in [5.41, 5.74) is 3.07. The van der Waals surface area contributed by atoms with Crippen molar-refractivity contribution in [1.82, 2.24) is 4.98 Å². The Balaban J connectivity index is 1.39. The third kappa shape index (κ3) is 4.93. The minimum Gasteiger partial charge on any atom is -0.497 e. The molecule has 144 valence electrons. The molecule has 4 aromatic rings. The molecule has 4 nitrogen and oxygen atoms in total. The van der Waals surface area contributed by atoms with E-state index in [2.05, 4.69) is 4.98 Å². The van der Waals surface area contributed by atoms with Gasteiger partial charge in [-0.2, -0.15) is 0 Å². The number of nitrogens with zero attached hydrogens (tertiary/aromatic N) is 1. The predicted molar refractivity (Wildman–Crippen MR) is 114 cm³/mol. The van der Waals surface area contributed by atoms with E-state index in [-0.39, 0.29) is 0 Å². The van der Waals surface area contributed by atoms with Crippen LogP contribution >= 0.6 is 0 Å². The van der Waals surface area contributed by atoms with Crippen LogP contribution in [-0.4, -0.2) is 12.1 Å². The number of hydrogen-bond acceptors (Lipinski definition) is 4. The van der Waals surface area contributed by atoms with E-state index in [1.54, 1.807) is 13.3 Å². The Morgan fingerprint density at radius 1 is 0.690 bits per heavy atom. The number of aromatic nitrogens is 1. The van der Waals surface area contributed by atoms with Crippen molar-refractivity contribution in [2.75, 3.05) is 7.11 Å². The zero-order valence-electron chi connectivity index (χ0n) is 16.1. The van der Waals surface area contributed by atoms with E-state index in [1.165, 1.54) is 0 Å². The van der Waals surface area contributed by atoms with Crippen molar-refractivity contribution in [3.8, 4) is 34.3 Å². The maximum absolute atomic E-state index is 5.87. The van der Waals surface area contributed by atoms with Gasteiger partial charge in [-0.15, -0.1) is 0 Å². The molecule has 0 N–H and O–H groups in total. The molecule has 1 aromatic heterocycles. The molecule has 3 aromatic carbocycles. The third-order valence-corrected chi connectivity index (χ3v) is 4.40. The second-order valence-corrected chi connectivity index (χ2v) is 6.47. The van der Waals surface area contributed by atoms with Gasteiger partial charge in [-0.05, 0) is 53.6 Å². The summed E-state index contributed by atoms with van der Waals surface area (Å²) in [6, 6.07) is 29.3. The van der Waals surface area contributed by atoms with E-state index in [9.17, 15) is 0 Å². The number of benzene rings is 3. The molecule has 1 heterocycles. The Bertz CT molecular complexity index is 1060. The van der Waals surface area contributed by atoms with Crippen molar-refractivity contribution in [1.29, 1.82) is 0 Å². The molecule has 0 aliphatic heterocycles. The molecule has 0 atom stereocenters. The third-order valence-electron chi connectivity index (χ3n) is 4.40. The highest BCUT2D eigenvalue weighted by molar-refractivity contribution is 5.64. The molecule has 0 fully saturated rings. The van der Waals surface area contributed by atoms with Crippen molar-refractivity contribution in [3.63, 3.8) is 0 Å². The highest BCUT2D eigenvalue weighted by Crippen LogP contribution is 2.25. The summed E-state index contributed by atoms with van der Waals surface area (Å²) < 4.78 is 17.0. The molecular weight excluding hydrogens is 362 g/mol. The van der Waals surface area contributed by atoms with Crippen molar-refractivity contribution in [2.24, 2.45) is 0 Å². The van der Waals surface area contributed by atoms with E-state index >= 15 is 0 Å². The van der Waals surface area contributed by atoms with Crippen LogP contribution < -0.4 is 14.2 Å². The van der Waals surface area contributed by atoms with Gasteiger partial charge in [0.2, 0.25) is 5.88 Å². The predicted octanol–water partition coefficient (Wildman–Crippen LogP) is 6.13. The van der Waals surface area contributed by atoms with E-state index in [0.717, 1.165) is 33.9 Å². The molecule has 0 saturated carbocycles. The number of ether oxygens (including phenoxy) is 3. The van der Waals surface area contributed by atoms with Crippen LogP contribution in [0.3, 0.4) is 0 Å². The molecule has 0 spiro atoms. The molecule has 4 heteroatoms. The number of rotatable bonds is 7. The highest BCUT2D eigenvalue weighted by Gasteiger charge is 2.04. The Kier molecular flexibility index (Phi) is 5.72. The lowest BCUT2D eigenvalue weighted by Gasteiger charge is -2.09. The molecule has 0 aliphatic rings. The summed E-state index contributed by atoms with van der Waals surface area (Å²) in [4.78, 5) is 4.42.